The van der Waals surface area contributed by atoms with Crippen molar-refractivity contribution in [2.75, 3.05) is 13.1 Å². The molecule has 1 aromatic rings. The predicted octanol–water partition coefficient (Wildman–Crippen LogP) is 2.02. The van der Waals surface area contributed by atoms with E-state index in [1.807, 2.05) is 0 Å². The third-order valence-electron chi connectivity index (χ3n) is 3.75. The van der Waals surface area contributed by atoms with Gasteiger partial charge >= 0.3 is 0 Å². The molecule has 1 aromatic heterocycles. The summed E-state index contributed by atoms with van der Waals surface area (Å²) in [5.74, 6) is 2.24. The van der Waals surface area contributed by atoms with E-state index in [1.165, 1.54) is 0 Å². The summed E-state index contributed by atoms with van der Waals surface area (Å²) >= 11 is 0. The van der Waals surface area contributed by atoms with Gasteiger partial charge in [0.15, 0.2) is 0 Å². The van der Waals surface area contributed by atoms with Crippen molar-refractivity contribution in [1.29, 1.82) is 0 Å². The SMILES string of the molecule is CCCNCc1cc(S(=O)(=O)NCC2CC2C)c(C)o1. The van der Waals surface area contributed by atoms with Crippen molar-refractivity contribution in [3.05, 3.63) is 17.6 Å². The Balaban J connectivity index is 1.99. The Labute approximate surface area is 121 Å². The minimum Gasteiger partial charge on any atom is -0.464 e. The summed E-state index contributed by atoms with van der Waals surface area (Å²) < 4.78 is 32.7. The number of rotatable bonds is 8. The molecule has 0 radical (unpaired) electrons. The average molecular weight is 300 g/mol. The minimum absolute atomic E-state index is 0.263. The van der Waals surface area contributed by atoms with Crippen molar-refractivity contribution in [2.24, 2.45) is 11.8 Å². The number of hydrogen-bond acceptors (Lipinski definition) is 4. The summed E-state index contributed by atoms with van der Waals surface area (Å²) in [6.07, 6.45) is 2.14. The number of sulfonamides is 1. The highest BCUT2D eigenvalue weighted by Gasteiger charge is 2.34. The monoisotopic (exact) mass is 300 g/mol. The Morgan fingerprint density at radius 3 is 2.75 bits per heavy atom. The first kappa shape index (κ1) is 15.5. The van der Waals surface area contributed by atoms with Gasteiger partial charge in [-0.15, -0.1) is 0 Å². The first-order valence-corrected chi connectivity index (χ1v) is 8.72. The van der Waals surface area contributed by atoms with Crippen molar-refractivity contribution in [2.45, 2.75) is 45.1 Å². The van der Waals surface area contributed by atoms with E-state index in [4.69, 9.17) is 4.42 Å². The number of furan rings is 1. The second-order valence-corrected chi connectivity index (χ2v) is 7.37. The summed E-state index contributed by atoms with van der Waals surface area (Å²) in [6.45, 7) is 7.89. The maximum absolute atomic E-state index is 12.2. The lowest BCUT2D eigenvalue weighted by Crippen LogP contribution is -2.26. The lowest BCUT2D eigenvalue weighted by Gasteiger charge is -2.04. The van der Waals surface area contributed by atoms with E-state index in [-0.39, 0.29) is 4.90 Å². The zero-order valence-corrected chi connectivity index (χ0v) is 13.2. The van der Waals surface area contributed by atoms with Gasteiger partial charge in [-0.05, 0) is 38.1 Å². The molecule has 2 N–H and O–H groups in total. The van der Waals surface area contributed by atoms with Gasteiger partial charge in [-0.3, -0.25) is 0 Å². The molecule has 1 aliphatic carbocycles. The first-order valence-electron chi connectivity index (χ1n) is 7.23. The molecule has 1 saturated carbocycles. The predicted molar refractivity (Wildman–Crippen MR) is 77.9 cm³/mol. The first-order chi connectivity index (χ1) is 9.44. The van der Waals surface area contributed by atoms with Gasteiger partial charge in [-0.1, -0.05) is 13.8 Å². The molecule has 114 valence electrons. The van der Waals surface area contributed by atoms with Crippen molar-refractivity contribution in [3.63, 3.8) is 0 Å². The van der Waals surface area contributed by atoms with Crippen LogP contribution in [-0.2, 0) is 16.6 Å². The molecule has 0 aliphatic heterocycles. The van der Waals surface area contributed by atoms with Crippen LogP contribution in [0.1, 0.15) is 38.2 Å². The Morgan fingerprint density at radius 1 is 1.45 bits per heavy atom. The lowest BCUT2D eigenvalue weighted by molar-refractivity contribution is 0.457. The second-order valence-electron chi connectivity index (χ2n) is 5.63. The maximum atomic E-state index is 12.2. The highest BCUT2D eigenvalue weighted by molar-refractivity contribution is 7.89. The van der Waals surface area contributed by atoms with Crippen LogP contribution in [0, 0.1) is 18.8 Å². The Morgan fingerprint density at radius 2 is 2.15 bits per heavy atom. The van der Waals surface area contributed by atoms with Crippen LogP contribution in [0.5, 0.6) is 0 Å². The number of aryl methyl sites for hydroxylation is 1. The molecule has 0 aromatic carbocycles. The van der Waals surface area contributed by atoms with Crippen molar-refractivity contribution >= 4 is 10.0 Å². The van der Waals surface area contributed by atoms with E-state index >= 15 is 0 Å². The quantitative estimate of drug-likeness (QED) is 0.721. The van der Waals surface area contributed by atoms with Crippen molar-refractivity contribution < 1.29 is 12.8 Å². The normalized spacial score (nSPS) is 22.1. The highest BCUT2D eigenvalue weighted by atomic mass is 32.2. The van der Waals surface area contributed by atoms with Crippen LogP contribution in [0.4, 0.5) is 0 Å². The summed E-state index contributed by atoms with van der Waals surface area (Å²) in [5.41, 5.74) is 0. The van der Waals surface area contributed by atoms with E-state index < -0.39 is 10.0 Å². The topological polar surface area (TPSA) is 71.3 Å². The molecule has 1 fully saturated rings. The molecular formula is C14H24N2O3S. The van der Waals surface area contributed by atoms with Crippen LogP contribution in [0.15, 0.2) is 15.4 Å². The highest BCUT2D eigenvalue weighted by Crippen LogP contribution is 2.37. The summed E-state index contributed by atoms with van der Waals surface area (Å²) in [5, 5.41) is 3.20. The third-order valence-corrected chi connectivity index (χ3v) is 5.28. The van der Waals surface area contributed by atoms with Gasteiger partial charge in [-0.25, -0.2) is 13.1 Å². The van der Waals surface area contributed by atoms with Gasteiger partial charge in [0.25, 0.3) is 0 Å². The van der Waals surface area contributed by atoms with Gasteiger partial charge in [-0.2, -0.15) is 0 Å². The summed E-state index contributed by atoms with van der Waals surface area (Å²) in [4.78, 5) is 0.263. The Kier molecular flexibility index (Phi) is 4.88. The van der Waals surface area contributed by atoms with Gasteiger partial charge in [0, 0.05) is 12.6 Å². The average Bonchev–Trinajstić information content (AvgIpc) is 2.95. The fourth-order valence-corrected chi connectivity index (χ4v) is 3.54. The van der Waals surface area contributed by atoms with Crippen LogP contribution in [-0.4, -0.2) is 21.5 Å². The molecule has 0 saturated heterocycles. The van der Waals surface area contributed by atoms with Gasteiger partial charge in [0.1, 0.15) is 16.4 Å². The van der Waals surface area contributed by atoms with E-state index in [0.717, 1.165) is 19.4 Å². The maximum Gasteiger partial charge on any atom is 0.244 e. The van der Waals surface area contributed by atoms with Gasteiger partial charge in [0.2, 0.25) is 10.0 Å². The zero-order valence-electron chi connectivity index (χ0n) is 12.4. The largest absolute Gasteiger partial charge is 0.464 e. The molecule has 0 spiro atoms. The van der Waals surface area contributed by atoms with Gasteiger partial charge in [0.05, 0.1) is 6.54 Å². The fraction of sp³-hybridized carbons (Fsp3) is 0.714. The standard InChI is InChI=1S/C14H24N2O3S/c1-4-5-15-9-13-7-14(11(3)19-13)20(17,18)16-8-12-6-10(12)2/h7,10,12,15-16H,4-6,8-9H2,1-3H3. The lowest BCUT2D eigenvalue weighted by atomic mass is 10.3. The molecule has 2 unspecified atom stereocenters. The van der Waals surface area contributed by atoms with Crippen LogP contribution in [0.2, 0.25) is 0 Å². The summed E-state index contributed by atoms with van der Waals surface area (Å²) in [6, 6.07) is 1.62. The van der Waals surface area contributed by atoms with E-state index in [9.17, 15) is 8.42 Å². The third kappa shape index (κ3) is 3.84. The smallest absolute Gasteiger partial charge is 0.244 e. The molecule has 1 aliphatic rings. The van der Waals surface area contributed by atoms with Crippen LogP contribution in [0.3, 0.4) is 0 Å². The molecule has 1 heterocycles. The second kappa shape index (κ2) is 6.28. The molecule has 6 heteroatoms. The van der Waals surface area contributed by atoms with Gasteiger partial charge < -0.3 is 9.73 Å². The fourth-order valence-electron chi connectivity index (χ4n) is 2.24. The minimum atomic E-state index is -3.45. The molecular weight excluding hydrogens is 276 g/mol. The van der Waals surface area contributed by atoms with Crippen molar-refractivity contribution in [1.82, 2.24) is 10.0 Å². The molecule has 20 heavy (non-hydrogen) atoms. The van der Waals surface area contributed by atoms with Crippen LogP contribution < -0.4 is 10.0 Å². The van der Waals surface area contributed by atoms with E-state index in [1.54, 1.807) is 13.0 Å². The number of hydrogen-bond donors (Lipinski definition) is 2. The molecule has 0 amide bonds. The van der Waals surface area contributed by atoms with Crippen LogP contribution >= 0.6 is 0 Å². The Hall–Kier alpha value is -0.850. The zero-order chi connectivity index (χ0) is 14.8. The molecule has 2 atom stereocenters. The van der Waals surface area contributed by atoms with E-state index in [0.29, 0.717) is 36.4 Å². The molecule has 5 nitrogen and oxygen atoms in total. The van der Waals surface area contributed by atoms with Crippen molar-refractivity contribution in [3.8, 4) is 0 Å². The molecule has 2 rings (SSSR count). The number of nitrogens with one attached hydrogen (secondary N) is 2. The Bertz CT molecular complexity index is 551. The molecule has 0 bridgehead atoms. The summed E-state index contributed by atoms with van der Waals surface area (Å²) in [7, 11) is -3.45. The van der Waals surface area contributed by atoms with E-state index in [2.05, 4.69) is 23.9 Å². The van der Waals surface area contributed by atoms with Crippen LogP contribution in [0.25, 0.3) is 0 Å².